The van der Waals surface area contributed by atoms with Crippen molar-refractivity contribution in [2.75, 3.05) is 25.1 Å². The van der Waals surface area contributed by atoms with E-state index in [4.69, 9.17) is 4.74 Å². The second kappa shape index (κ2) is 8.24. The minimum Gasteiger partial charge on any atom is -0.497 e. The molecule has 1 fully saturated rings. The molecule has 33 heavy (non-hydrogen) atoms. The number of halogens is 3. The van der Waals surface area contributed by atoms with Gasteiger partial charge in [-0.3, -0.25) is 4.79 Å². The zero-order valence-electron chi connectivity index (χ0n) is 18.3. The number of anilines is 1. The molecule has 0 spiro atoms. The van der Waals surface area contributed by atoms with E-state index in [1.54, 1.807) is 19.2 Å². The number of alkyl halides is 3. The van der Waals surface area contributed by atoms with Crippen LogP contribution in [0, 0.1) is 0 Å². The van der Waals surface area contributed by atoms with Crippen molar-refractivity contribution < 1.29 is 17.9 Å². The first-order valence-corrected chi connectivity index (χ1v) is 11.1. The summed E-state index contributed by atoms with van der Waals surface area (Å²) < 4.78 is 48.1. The third-order valence-electron chi connectivity index (χ3n) is 6.50. The van der Waals surface area contributed by atoms with Crippen LogP contribution in [0.3, 0.4) is 0 Å². The summed E-state index contributed by atoms with van der Waals surface area (Å²) in [4.78, 5) is 15.4. The van der Waals surface area contributed by atoms with Crippen molar-refractivity contribution in [2.24, 2.45) is 0 Å². The Labute approximate surface area is 189 Å². The lowest BCUT2D eigenvalue weighted by atomic mass is 10.0. The van der Waals surface area contributed by atoms with E-state index >= 15 is 0 Å². The van der Waals surface area contributed by atoms with Gasteiger partial charge in [0.15, 0.2) is 0 Å². The maximum absolute atomic E-state index is 14.0. The molecule has 3 aromatic rings. The highest BCUT2D eigenvalue weighted by Gasteiger charge is 2.36. The highest BCUT2D eigenvalue weighted by atomic mass is 19.4. The minimum atomic E-state index is -4.61. The van der Waals surface area contributed by atoms with Crippen LogP contribution in [0.4, 0.5) is 18.9 Å². The fourth-order valence-electron chi connectivity index (χ4n) is 4.83. The second-order valence-corrected chi connectivity index (χ2v) is 8.50. The summed E-state index contributed by atoms with van der Waals surface area (Å²) in [5.41, 5.74) is 1.79. The molecule has 5 nitrogen and oxygen atoms in total. The molecule has 172 valence electrons. The standard InChI is InChI=1S/C25H24F3N3O2/c1-33-18-10-7-16(8-11-18)23-19-5-4-6-20(19)24(32)31(29-23)22-15-17(30-13-2-3-14-30)9-12-21(22)25(26,27)28/h7-12,15H,2-6,13-14H2,1H3. The largest absolute Gasteiger partial charge is 0.497 e. The van der Waals surface area contributed by atoms with E-state index < -0.39 is 17.3 Å². The van der Waals surface area contributed by atoms with E-state index in [2.05, 4.69) is 5.10 Å². The summed E-state index contributed by atoms with van der Waals surface area (Å²) in [5, 5.41) is 4.53. The quantitative estimate of drug-likeness (QED) is 0.555. The lowest BCUT2D eigenvalue weighted by Gasteiger charge is -2.22. The summed E-state index contributed by atoms with van der Waals surface area (Å²) in [6, 6.07) is 11.2. The fourth-order valence-corrected chi connectivity index (χ4v) is 4.83. The predicted octanol–water partition coefficient (Wildman–Crippen LogP) is 5.02. The molecule has 2 aliphatic rings. The first-order chi connectivity index (χ1) is 15.9. The number of methoxy groups -OCH3 is 1. The number of fused-ring (bicyclic) bond motifs is 1. The number of aromatic nitrogens is 2. The van der Waals surface area contributed by atoms with Crippen LogP contribution in [-0.4, -0.2) is 30.0 Å². The molecule has 0 unspecified atom stereocenters. The first kappa shape index (κ1) is 21.6. The van der Waals surface area contributed by atoms with Gasteiger partial charge in [-0.15, -0.1) is 0 Å². The number of hydrogen-bond acceptors (Lipinski definition) is 4. The summed E-state index contributed by atoms with van der Waals surface area (Å²) >= 11 is 0. The van der Waals surface area contributed by atoms with Gasteiger partial charge in [-0.1, -0.05) is 0 Å². The lowest BCUT2D eigenvalue weighted by molar-refractivity contribution is -0.137. The van der Waals surface area contributed by atoms with Gasteiger partial charge in [0.05, 0.1) is 24.1 Å². The minimum absolute atomic E-state index is 0.221. The second-order valence-electron chi connectivity index (χ2n) is 8.50. The molecule has 0 saturated carbocycles. The van der Waals surface area contributed by atoms with Gasteiger partial charge >= 0.3 is 6.18 Å². The number of rotatable bonds is 4. The smallest absolute Gasteiger partial charge is 0.418 e. The van der Waals surface area contributed by atoms with E-state index in [1.165, 1.54) is 12.1 Å². The van der Waals surface area contributed by atoms with Crippen molar-refractivity contribution >= 4 is 5.69 Å². The molecule has 5 rings (SSSR count). The number of ether oxygens (including phenoxy) is 1. The van der Waals surface area contributed by atoms with Gasteiger partial charge in [0.2, 0.25) is 0 Å². The Hall–Kier alpha value is -3.29. The predicted molar refractivity (Wildman–Crippen MR) is 120 cm³/mol. The topological polar surface area (TPSA) is 47.4 Å². The normalized spacial score (nSPS) is 15.7. The van der Waals surface area contributed by atoms with Gasteiger partial charge in [-0.25, -0.2) is 0 Å². The lowest BCUT2D eigenvalue weighted by Crippen LogP contribution is -2.28. The van der Waals surface area contributed by atoms with Crippen LogP contribution in [0.25, 0.3) is 16.9 Å². The monoisotopic (exact) mass is 455 g/mol. The Balaban J connectivity index is 1.73. The maximum Gasteiger partial charge on any atom is 0.418 e. The Morgan fingerprint density at radius 2 is 1.64 bits per heavy atom. The van der Waals surface area contributed by atoms with E-state index in [9.17, 15) is 18.0 Å². The molecule has 0 N–H and O–H groups in total. The van der Waals surface area contributed by atoms with Crippen LogP contribution >= 0.6 is 0 Å². The molecule has 0 radical (unpaired) electrons. The summed E-state index contributed by atoms with van der Waals surface area (Å²) in [6.45, 7) is 1.57. The van der Waals surface area contributed by atoms with Gasteiger partial charge in [0.1, 0.15) is 5.75 Å². The molecule has 1 aliphatic carbocycles. The number of benzene rings is 2. The molecule has 1 aliphatic heterocycles. The van der Waals surface area contributed by atoms with Crippen molar-refractivity contribution in [1.29, 1.82) is 0 Å². The van der Waals surface area contributed by atoms with Crippen molar-refractivity contribution in [3.05, 3.63) is 69.5 Å². The van der Waals surface area contributed by atoms with Crippen LogP contribution in [0.1, 0.15) is 36.0 Å². The molecule has 1 saturated heterocycles. The molecule has 0 atom stereocenters. The van der Waals surface area contributed by atoms with Gasteiger partial charge in [-0.2, -0.15) is 23.0 Å². The van der Waals surface area contributed by atoms with Gasteiger partial charge in [-0.05, 0) is 80.1 Å². The van der Waals surface area contributed by atoms with E-state index in [0.717, 1.165) is 54.2 Å². The fraction of sp³-hybridized carbons (Fsp3) is 0.360. The Bertz CT molecular complexity index is 1240. The average Bonchev–Trinajstić information content (AvgIpc) is 3.51. The van der Waals surface area contributed by atoms with Crippen LogP contribution in [0.2, 0.25) is 0 Å². The van der Waals surface area contributed by atoms with Crippen LogP contribution < -0.4 is 15.2 Å². The zero-order valence-corrected chi connectivity index (χ0v) is 18.3. The Morgan fingerprint density at radius 1 is 0.939 bits per heavy atom. The van der Waals surface area contributed by atoms with Crippen LogP contribution in [0.15, 0.2) is 47.3 Å². The molecule has 2 heterocycles. The molecule has 0 amide bonds. The van der Waals surface area contributed by atoms with Crippen LogP contribution in [0.5, 0.6) is 5.75 Å². The van der Waals surface area contributed by atoms with Gasteiger partial charge in [0.25, 0.3) is 5.56 Å². The molecule has 8 heteroatoms. The number of nitrogens with zero attached hydrogens (tertiary/aromatic N) is 3. The molecule has 0 bridgehead atoms. The van der Waals surface area contributed by atoms with Crippen molar-refractivity contribution in [3.8, 4) is 22.7 Å². The SMILES string of the molecule is COc1ccc(-c2nn(-c3cc(N4CCCC4)ccc3C(F)(F)F)c(=O)c3c2CCC3)cc1. The highest BCUT2D eigenvalue weighted by molar-refractivity contribution is 5.66. The highest BCUT2D eigenvalue weighted by Crippen LogP contribution is 2.37. The summed E-state index contributed by atoms with van der Waals surface area (Å²) in [6.07, 6.45) is -0.630. The van der Waals surface area contributed by atoms with E-state index in [-0.39, 0.29) is 5.69 Å². The Kier molecular flexibility index (Phi) is 5.38. The maximum atomic E-state index is 14.0. The molecular weight excluding hydrogens is 431 g/mol. The number of hydrogen-bond donors (Lipinski definition) is 0. The third-order valence-corrected chi connectivity index (χ3v) is 6.50. The molecule has 2 aromatic carbocycles. The van der Waals surface area contributed by atoms with Crippen molar-refractivity contribution in [2.45, 2.75) is 38.3 Å². The average molecular weight is 455 g/mol. The van der Waals surface area contributed by atoms with Crippen LogP contribution in [-0.2, 0) is 19.0 Å². The molecule has 1 aromatic heterocycles. The Morgan fingerprint density at radius 3 is 2.30 bits per heavy atom. The summed E-state index contributed by atoms with van der Waals surface area (Å²) in [7, 11) is 1.57. The zero-order chi connectivity index (χ0) is 23.2. The van der Waals surface area contributed by atoms with E-state index in [1.807, 2.05) is 17.0 Å². The van der Waals surface area contributed by atoms with E-state index in [0.29, 0.717) is 35.5 Å². The summed E-state index contributed by atoms with van der Waals surface area (Å²) in [5.74, 6) is 0.668. The van der Waals surface area contributed by atoms with Crippen molar-refractivity contribution in [1.82, 2.24) is 9.78 Å². The first-order valence-electron chi connectivity index (χ1n) is 11.1. The third kappa shape index (κ3) is 3.87. The van der Waals surface area contributed by atoms with Gasteiger partial charge < -0.3 is 9.64 Å². The molecular formula is C25H24F3N3O2. The van der Waals surface area contributed by atoms with Crippen molar-refractivity contribution in [3.63, 3.8) is 0 Å². The van der Waals surface area contributed by atoms with Gasteiger partial charge in [0, 0.05) is 29.9 Å².